The van der Waals surface area contributed by atoms with E-state index < -0.39 is 0 Å². The molecule has 1 N–H and O–H groups in total. The number of fused-ring (bicyclic) bond motifs is 1. The second-order valence-corrected chi connectivity index (χ2v) is 8.08. The average molecular weight is 442 g/mol. The van der Waals surface area contributed by atoms with E-state index in [0.29, 0.717) is 18.4 Å². The Morgan fingerprint density at radius 2 is 1.63 bits per heavy atom. The molecule has 0 bridgehead atoms. The Balaban J connectivity index is 0.00000256. The van der Waals surface area contributed by atoms with E-state index in [1.165, 1.54) is 22.3 Å². The molecular weight excluding hydrogens is 413 g/mol. The highest BCUT2D eigenvalue weighted by atomic mass is 35.5. The number of benzene rings is 3. The van der Waals surface area contributed by atoms with Gasteiger partial charge in [-0.2, -0.15) is 0 Å². The van der Waals surface area contributed by atoms with Crippen molar-refractivity contribution in [2.24, 2.45) is 0 Å². The van der Waals surface area contributed by atoms with Crippen LogP contribution < -0.4 is 10.1 Å². The maximum Gasteiger partial charge on any atom is 0.119 e. The summed E-state index contributed by atoms with van der Waals surface area (Å²) in [6, 6.07) is 26.0. The highest BCUT2D eigenvalue weighted by Gasteiger charge is 2.31. The maximum absolute atomic E-state index is 6.15. The zero-order valence-electron chi connectivity index (χ0n) is 17.3. The van der Waals surface area contributed by atoms with Gasteiger partial charge in [0.2, 0.25) is 0 Å². The quantitative estimate of drug-likeness (QED) is 0.416. The van der Waals surface area contributed by atoms with Crippen LogP contribution in [0.2, 0.25) is 5.02 Å². The van der Waals surface area contributed by atoms with Gasteiger partial charge in [0.1, 0.15) is 12.4 Å². The molecule has 1 aliphatic rings. The normalized spacial score (nSPS) is 17.7. The SMILES string of the molecule is CCNCCOc1ccc(C2c3ccccc3CCC2c2ccc(Cl)cc2)cc1.Cl. The van der Waals surface area contributed by atoms with Crippen molar-refractivity contribution in [1.29, 1.82) is 0 Å². The van der Waals surface area contributed by atoms with Crippen molar-refractivity contribution in [3.8, 4) is 5.75 Å². The van der Waals surface area contributed by atoms with E-state index in [4.69, 9.17) is 16.3 Å². The molecule has 2 atom stereocenters. The van der Waals surface area contributed by atoms with Crippen molar-refractivity contribution in [2.45, 2.75) is 31.6 Å². The zero-order chi connectivity index (χ0) is 20.1. The smallest absolute Gasteiger partial charge is 0.119 e. The summed E-state index contributed by atoms with van der Waals surface area (Å²) in [6.07, 6.45) is 2.26. The van der Waals surface area contributed by atoms with Crippen LogP contribution >= 0.6 is 24.0 Å². The zero-order valence-corrected chi connectivity index (χ0v) is 18.9. The van der Waals surface area contributed by atoms with Gasteiger partial charge in [-0.15, -0.1) is 12.4 Å². The van der Waals surface area contributed by atoms with E-state index in [0.717, 1.165) is 36.7 Å². The van der Waals surface area contributed by atoms with Crippen molar-refractivity contribution in [1.82, 2.24) is 5.32 Å². The van der Waals surface area contributed by atoms with Crippen LogP contribution in [0.25, 0.3) is 0 Å². The van der Waals surface area contributed by atoms with Crippen LogP contribution in [-0.4, -0.2) is 19.7 Å². The largest absolute Gasteiger partial charge is 0.492 e. The molecular formula is C26H29Cl2NO. The molecule has 0 saturated carbocycles. The number of rotatable bonds is 7. The third-order valence-electron chi connectivity index (χ3n) is 5.85. The Kier molecular flexibility index (Phi) is 8.21. The molecule has 0 aliphatic heterocycles. The van der Waals surface area contributed by atoms with Gasteiger partial charge in [0.25, 0.3) is 0 Å². The lowest BCUT2D eigenvalue weighted by molar-refractivity contribution is 0.315. The molecule has 4 rings (SSSR count). The second-order valence-electron chi connectivity index (χ2n) is 7.64. The van der Waals surface area contributed by atoms with E-state index in [-0.39, 0.29) is 12.4 Å². The fourth-order valence-electron chi connectivity index (χ4n) is 4.43. The number of hydrogen-bond acceptors (Lipinski definition) is 2. The third kappa shape index (κ3) is 5.18. The highest BCUT2D eigenvalue weighted by Crippen LogP contribution is 2.46. The molecule has 0 amide bonds. The van der Waals surface area contributed by atoms with Gasteiger partial charge < -0.3 is 10.1 Å². The molecule has 3 aromatic rings. The molecule has 30 heavy (non-hydrogen) atoms. The summed E-state index contributed by atoms with van der Waals surface area (Å²) in [7, 11) is 0. The monoisotopic (exact) mass is 441 g/mol. The Morgan fingerprint density at radius 1 is 0.933 bits per heavy atom. The summed E-state index contributed by atoms with van der Waals surface area (Å²) in [5, 5.41) is 4.08. The molecule has 0 radical (unpaired) electrons. The van der Waals surface area contributed by atoms with Gasteiger partial charge in [0.15, 0.2) is 0 Å². The Morgan fingerprint density at radius 3 is 2.37 bits per heavy atom. The van der Waals surface area contributed by atoms with Crippen LogP contribution in [0.3, 0.4) is 0 Å². The van der Waals surface area contributed by atoms with E-state index >= 15 is 0 Å². The van der Waals surface area contributed by atoms with Crippen molar-refractivity contribution in [2.75, 3.05) is 19.7 Å². The van der Waals surface area contributed by atoms with Gasteiger partial charge in [-0.25, -0.2) is 0 Å². The Hall–Kier alpha value is -2.00. The summed E-state index contributed by atoms with van der Waals surface area (Å²) in [5.74, 6) is 1.72. The van der Waals surface area contributed by atoms with Gasteiger partial charge >= 0.3 is 0 Å². The molecule has 0 heterocycles. The molecule has 0 fully saturated rings. The molecule has 0 aromatic heterocycles. The van der Waals surface area contributed by atoms with Crippen LogP contribution in [-0.2, 0) is 6.42 Å². The van der Waals surface area contributed by atoms with E-state index in [1.807, 2.05) is 12.1 Å². The van der Waals surface area contributed by atoms with Gasteiger partial charge in [-0.05, 0) is 71.8 Å². The lowest BCUT2D eigenvalue weighted by Crippen LogP contribution is -2.21. The maximum atomic E-state index is 6.15. The summed E-state index contributed by atoms with van der Waals surface area (Å²) in [6.45, 7) is 4.63. The van der Waals surface area contributed by atoms with Crippen molar-refractivity contribution >= 4 is 24.0 Å². The lowest BCUT2D eigenvalue weighted by atomic mass is 9.69. The first-order valence-electron chi connectivity index (χ1n) is 10.5. The summed E-state index contributed by atoms with van der Waals surface area (Å²) >= 11 is 6.15. The minimum absolute atomic E-state index is 0. The predicted octanol–water partition coefficient (Wildman–Crippen LogP) is 6.61. The molecule has 1 aliphatic carbocycles. The summed E-state index contributed by atoms with van der Waals surface area (Å²) in [4.78, 5) is 0. The molecule has 0 saturated heterocycles. The van der Waals surface area contributed by atoms with Gasteiger partial charge in [-0.3, -0.25) is 0 Å². The molecule has 2 nitrogen and oxygen atoms in total. The number of aryl methyl sites for hydroxylation is 1. The second kappa shape index (κ2) is 10.9. The van der Waals surface area contributed by atoms with E-state index in [9.17, 15) is 0 Å². The third-order valence-corrected chi connectivity index (χ3v) is 6.10. The van der Waals surface area contributed by atoms with Crippen LogP contribution in [0.1, 0.15) is 47.4 Å². The molecule has 0 spiro atoms. The van der Waals surface area contributed by atoms with Crippen LogP contribution in [0, 0.1) is 0 Å². The van der Waals surface area contributed by atoms with Crippen molar-refractivity contribution in [3.05, 3.63) is 100 Å². The first kappa shape index (κ1) is 22.7. The number of likely N-dealkylation sites (N-methyl/N-ethyl adjacent to an activating group) is 1. The number of nitrogens with one attached hydrogen (secondary N) is 1. The molecule has 3 aromatic carbocycles. The van der Waals surface area contributed by atoms with Crippen LogP contribution in [0.5, 0.6) is 5.75 Å². The minimum Gasteiger partial charge on any atom is -0.492 e. The Bertz CT molecular complexity index is 925. The lowest BCUT2D eigenvalue weighted by Gasteiger charge is -2.34. The fraction of sp³-hybridized carbons (Fsp3) is 0.308. The standard InChI is InChI=1S/C26H28ClNO.ClH/c1-2-28-17-18-29-23-14-9-21(10-15-23)26-24-6-4-3-5-19(24)11-16-25(26)20-7-12-22(27)13-8-20;/h3-10,12-15,25-26,28H,2,11,16-18H2,1H3;1H. The van der Waals surface area contributed by atoms with Crippen LogP contribution in [0.15, 0.2) is 72.8 Å². The summed E-state index contributed by atoms with van der Waals surface area (Å²) in [5.41, 5.74) is 5.61. The topological polar surface area (TPSA) is 21.3 Å². The molecule has 2 unspecified atom stereocenters. The van der Waals surface area contributed by atoms with Crippen molar-refractivity contribution < 1.29 is 4.74 Å². The van der Waals surface area contributed by atoms with Gasteiger partial charge in [-0.1, -0.05) is 67.1 Å². The van der Waals surface area contributed by atoms with Crippen molar-refractivity contribution in [3.63, 3.8) is 0 Å². The Labute approximate surface area is 191 Å². The number of halogens is 2. The fourth-order valence-corrected chi connectivity index (χ4v) is 4.56. The molecule has 158 valence electrons. The van der Waals surface area contributed by atoms with E-state index in [2.05, 4.69) is 72.9 Å². The average Bonchev–Trinajstić information content (AvgIpc) is 2.77. The predicted molar refractivity (Wildman–Crippen MR) is 129 cm³/mol. The minimum atomic E-state index is 0. The first-order valence-corrected chi connectivity index (χ1v) is 10.9. The number of ether oxygens (including phenoxy) is 1. The van der Waals surface area contributed by atoms with Gasteiger partial charge in [0.05, 0.1) is 0 Å². The summed E-state index contributed by atoms with van der Waals surface area (Å²) < 4.78 is 5.87. The highest BCUT2D eigenvalue weighted by molar-refractivity contribution is 6.30. The first-order chi connectivity index (χ1) is 14.3. The van der Waals surface area contributed by atoms with E-state index in [1.54, 1.807) is 0 Å². The number of hydrogen-bond donors (Lipinski definition) is 1. The van der Waals surface area contributed by atoms with Crippen LogP contribution in [0.4, 0.5) is 0 Å². The molecule has 4 heteroatoms. The van der Waals surface area contributed by atoms with Gasteiger partial charge in [0, 0.05) is 17.5 Å².